The number of carbonyl (C=O) groups excluding carboxylic acids is 1. The van der Waals surface area contributed by atoms with Gasteiger partial charge in [-0.05, 0) is 29.1 Å². The lowest BCUT2D eigenvalue weighted by molar-refractivity contribution is 0.0917. The van der Waals surface area contributed by atoms with Gasteiger partial charge in [0.25, 0.3) is 5.91 Å². The highest BCUT2D eigenvalue weighted by Gasteiger charge is 2.15. The zero-order valence-corrected chi connectivity index (χ0v) is 11.8. The topological polar surface area (TPSA) is 84.6 Å². The molecule has 1 aromatic heterocycles. The van der Waals surface area contributed by atoms with E-state index in [4.69, 9.17) is 10.5 Å². The van der Waals surface area contributed by atoms with E-state index in [9.17, 15) is 9.90 Å². The largest absolute Gasteiger partial charge is 0.495 e. The van der Waals surface area contributed by atoms with Crippen molar-refractivity contribution in [1.82, 2.24) is 5.32 Å². The van der Waals surface area contributed by atoms with Crippen LogP contribution in [0.5, 0.6) is 5.75 Å². The van der Waals surface area contributed by atoms with Crippen molar-refractivity contribution < 1.29 is 14.6 Å². The summed E-state index contributed by atoms with van der Waals surface area (Å²) in [5, 5.41) is 14.5. The summed E-state index contributed by atoms with van der Waals surface area (Å²) in [4.78, 5) is 12.5. The van der Waals surface area contributed by atoms with Gasteiger partial charge in [0.05, 0.1) is 13.2 Å². The molecule has 2 aromatic rings. The smallest absolute Gasteiger partial charge is 0.265 e. The van der Waals surface area contributed by atoms with Crippen molar-refractivity contribution in [3.63, 3.8) is 0 Å². The van der Waals surface area contributed by atoms with E-state index in [2.05, 4.69) is 5.32 Å². The zero-order chi connectivity index (χ0) is 14.5. The SMILES string of the molecule is COc1ccsc1C(=O)NCC(O)c1ccc(N)cc1. The summed E-state index contributed by atoms with van der Waals surface area (Å²) < 4.78 is 5.08. The first-order valence-corrected chi connectivity index (χ1v) is 6.93. The molecule has 0 radical (unpaired) electrons. The van der Waals surface area contributed by atoms with Gasteiger partial charge in [-0.3, -0.25) is 4.79 Å². The van der Waals surface area contributed by atoms with Gasteiger partial charge in [-0.15, -0.1) is 11.3 Å². The first-order chi connectivity index (χ1) is 9.61. The number of nitrogens with one attached hydrogen (secondary N) is 1. The molecule has 5 nitrogen and oxygen atoms in total. The van der Waals surface area contributed by atoms with Crippen LogP contribution in [0.25, 0.3) is 0 Å². The molecule has 0 spiro atoms. The van der Waals surface area contributed by atoms with E-state index in [1.54, 1.807) is 35.7 Å². The van der Waals surface area contributed by atoms with Crippen molar-refractivity contribution in [1.29, 1.82) is 0 Å². The lowest BCUT2D eigenvalue weighted by Gasteiger charge is -2.12. The first-order valence-electron chi connectivity index (χ1n) is 6.05. The molecule has 1 amide bonds. The minimum atomic E-state index is -0.773. The van der Waals surface area contributed by atoms with Crippen molar-refractivity contribution in [2.75, 3.05) is 19.4 Å². The van der Waals surface area contributed by atoms with Crippen LogP contribution >= 0.6 is 11.3 Å². The van der Waals surface area contributed by atoms with E-state index >= 15 is 0 Å². The molecule has 0 aliphatic rings. The number of anilines is 1. The lowest BCUT2D eigenvalue weighted by Crippen LogP contribution is -2.28. The van der Waals surface area contributed by atoms with Crippen LogP contribution in [0, 0.1) is 0 Å². The highest BCUT2D eigenvalue weighted by atomic mass is 32.1. The number of nitrogens with two attached hydrogens (primary N) is 1. The second kappa shape index (κ2) is 6.40. The van der Waals surface area contributed by atoms with E-state index in [-0.39, 0.29) is 12.5 Å². The van der Waals surface area contributed by atoms with Gasteiger partial charge in [-0.1, -0.05) is 12.1 Å². The maximum Gasteiger partial charge on any atom is 0.265 e. The molecule has 0 bridgehead atoms. The summed E-state index contributed by atoms with van der Waals surface area (Å²) in [7, 11) is 1.52. The summed E-state index contributed by atoms with van der Waals surface area (Å²) in [6, 6.07) is 8.62. The Hall–Kier alpha value is -2.05. The fourth-order valence-electron chi connectivity index (χ4n) is 1.73. The number of hydrogen-bond donors (Lipinski definition) is 3. The van der Waals surface area contributed by atoms with Gasteiger partial charge in [0.2, 0.25) is 0 Å². The third-order valence-electron chi connectivity index (χ3n) is 2.83. The Kier molecular flexibility index (Phi) is 4.60. The van der Waals surface area contributed by atoms with E-state index in [0.717, 1.165) is 0 Å². The van der Waals surface area contributed by atoms with Crippen LogP contribution in [0.1, 0.15) is 21.3 Å². The Morgan fingerprint density at radius 1 is 1.40 bits per heavy atom. The number of amides is 1. The normalized spacial score (nSPS) is 11.9. The molecule has 1 atom stereocenters. The predicted octanol–water partition coefficient (Wildman–Crippen LogP) is 1.80. The number of methoxy groups -OCH3 is 1. The standard InChI is InChI=1S/C14H16N2O3S/c1-19-12-6-7-20-13(12)14(18)16-8-11(17)9-2-4-10(15)5-3-9/h2-7,11,17H,8,15H2,1H3,(H,16,18). The average molecular weight is 292 g/mol. The van der Waals surface area contributed by atoms with Gasteiger partial charge < -0.3 is 20.9 Å². The third-order valence-corrected chi connectivity index (χ3v) is 3.73. The molecule has 0 fully saturated rings. The summed E-state index contributed by atoms with van der Waals surface area (Å²) in [5.74, 6) is 0.279. The van der Waals surface area contributed by atoms with E-state index in [0.29, 0.717) is 21.9 Å². The van der Waals surface area contributed by atoms with Crippen molar-refractivity contribution in [2.45, 2.75) is 6.10 Å². The van der Waals surface area contributed by atoms with Gasteiger partial charge in [-0.2, -0.15) is 0 Å². The predicted molar refractivity (Wildman–Crippen MR) is 79.0 cm³/mol. The van der Waals surface area contributed by atoms with Crippen LogP contribution < -0.4 is 15.8 Å². The van der Waals surface area contributed by atoms with Gasteiger partial charge >= 0.3 is 0 Å². The second-order valence-electron chi connectivity index (χ2n) is 4.21. The van der Waals surface area contributed by atoms with Crippen LogP contribution in [-0.2, 0) is 0 Å². The molecule has 0 aliphatic carbocycles. The quantitative estimate of drug-likeness (QED) is 0.734. The number of hydrogen-bond acceptors (Lipinski definition) is 5. The molecular formula is C14H16N2O3S. The number of carbonyl (C=O) groups is 1. The van der Waals surface area contributed by atoms with Crippen LogP contribution in [-0.4, -0.2) is 24.7 Å². The number of rotatable bonds is 5. The average Bonchev–Trinajstić information content (AvgIpc) is 2.93. The monoisotopic (exact) mass is 292 g/mol. The highest BCUT2D eigenvalue weighted by Crippen LogP contribution is 2.24. The fourth-order valence-corrected chi connectivity index (χ4v) is 2.50. The van der Waals surface area contributed by atoms with Crippen LogP contribution in [0.3, 0.4) is 0 Å². The molecule has 1 aromatic carbocycles. The van der Waals surface area contributed by atoms with Gasteiger partial charge in [-0.25, -0.2) is 0 Å². The number of ether oxygens (including phenoxy) is 1. The minimum Gasteiger partial charge on any atom is -0.495 e. The summed E-state index contributed by atoms with van der Waals surface area (Å²) in [6.45, 7) is 0.129. The van der Waals surface area contributed by atoms with Crippen LogP contribution in [0.4, 0.5) is 5.69 Å². The molecule has 4 N–H and O–H groups in total. The Morgan fingerprint density at radius 3 is 2.75 bits per heavy atom. The summed E-state index contributed by atoms with van der Waals surface area (Å²) in [6.07, 6.45) is -0.773. The molecule has 0 saturated carbocycles. The van der Waals surface area contributed by atoms with Crippen molar-refractivity contribution in [2.24, 2.45) is 0 Å². The lowest BCUT2D eigenvalue weighted by atomic mass is 10.1. The zero-order valence-electron chi connectivity index (χ0n) is 11.0. The first kappa shape index (κ1) is 14.4. The molecule has 0 aliphatic heterocycles. The highest BCUT2D eigenvalue weighted by molar-refractivity contribution is 7.12. The van der Waals surface area contributed by atoms with E-state index in [1.165, 1.54) is 18.4 Å². The number of aliphatic hydroxyl groups is 1. The maximum atomic E-state index is 12.0. The minimum absolute atomic E-state index is 0.129. The molecule has 106 valence electrons. The van der Waals surface area contributed by atoms with Crippen molar-refractivity contribution in [3.8, 4) is 5.75 Å². The Balaban J connectivity index is 1.95. The van der Waals surface area contributed by atoms with E-state index < -0.39 is 6.10 Å². The molecule has 1 heterocycles. The second-order valence-corrected chi connectivity index (χ2v) is 5.13. The third kappa shape index (κ3) is 3.28. The Labute approximate surface area is 121 Å². The Bertz CT molecular complexity index is 580. The van der Waals surface area contributed by atoms with Crippen LogP contribution in [0.15, 0.2) is 35.7 Å². The van der Waals surface area contributed by atoms with Gasteiger partial charge in [0.15, 0.2) is 0 Å². The van der Waals surface area contributed by atoms with Crippen molar-refractivity contribution >= 4 is 22.9 Å². The molecule has 20 heavy (non-hydrogen) atoms. The van der Waals surface area contributed by atoms with Gasteiger partial charge in [0.1, 0.15) is 10.6 Å². The van der Waals surface area contributed by atoms with Crippen molar-refractivity contribution in [3.05, 3.63) is 46.2 Å². The van der Waals surface area contributed by atoms with Crippen LogP contribution in [0.2, 0.25) is 0 Å². The number of aliphatic hydroxyl groups excluding tert-OH is 1. The molecule has 2 rings (SSSR count). The molecule has 0 saturated heterocycles. The fraction of sp³-hybridized carbons (Fsp3) is 0.214. The molecular weight excluding hydrogens is 276 g/mol. The maximum absolute atomic E-state index is 12.0. The number of benzene rings is 1. The molecule has 6 heteroatoms. The Morgan fingerprint density at radius 2 is 2.10 bits per heavy atom. The molecule has 1 unspecified atom stereocenters. The summed E-state index contributed by atoms with van der Waals surface area (Å²) in [5.41, 5.74) is 6.92. The van der Waals surface area contributed by atoms with Gasteiger partial charge in [0, 0.05) is 12.2 Å². The van der Waals surface area contributed by atoms with E-state index in [1.807, 2.05) is 0 Å². The summed E-state index contributed by atoms with van der Waals surface area (Å²) >= 11 is 1.30. The number of thiophene rings is 1. The number of nitrogen functional groups attached to an aromatic ring is 1.